The van der Waals surface area contributed by atoms with E-state index in [9.17, 15) is 9.90 Å². The van der Waals surface area contributed by atoms with Crippen molar-refractivity contribution in [2.24, 2.45) is 5.10 Å². The molecule has 1 saturated carbocycles. The number of phenolic OH excluding ortho intramolecular Hbond substituents is 1. The van der Waals surface area contributed by atoms with Crippen LogP contribution in [-0.2, 0) is 4.79 Å². The number of hydrogen-bond acceptors (Lipinski definition) is 5. The van der Waals surface area contributed by atoms with Crippen molar-refractivity contribution < 1.29 is 14.6 Å². The highest BCUT2D eigenvalue weighted by atomic mass is 127. The monoisotopic (exact) mass is 431 g/mol. The second kappa shape index (κ2) is 9.07. The second-order valence-electron chi connectivity index (χ2n) is 5.56. The van der Waals surface area contributed by atoms with Crippen LogP contribution in [0.5, 0.6) is 11.5 Å². The number of methoxy groups -OCH3 is 1. The van der Waals surface area contributed by atoms with E-state index in [0.717, 1.165) is 18.4 Å². The molecule has 0 aliphatic heterocycles. The van der Waals surface area contributed by atoms with Crippen LogP contribution in [-0.4, -0.2) is 36.9 Å². The minimum absolute atomic E-state index is 0.103. The van der Waals surface area contributed by atoms with E-state index in [0.29, 0.717) is 15.4 Å². The van der Waals surface area contributed by atoms with Crippen molar-refractivity contribution in [1.82, 2.24) is 10.7 Å². The van der Waals surface area contributed by atoms with Crippen LogP contribution < -0.4 is 15.5 Å². The molecule has 126 valence electrons. The van der Waals surface area contributed by atoms with Gasteiger partial charge in [0.15, 0.2) is 11.5 Å². The molecule has 1 aromatic rings. The van der Waals surface area contributed by atoms with Crippen LogP contribution in [0.25, 0.3) is 0 Å². The molecule has 0 spiro atoms. The molecule has 1 fully saturated rings. The normalized spacial score (nSPS) is 15.7. The van der Waals surface area contributed by atoms with Gasteiger partial charge in [-0.3, -0.25) is 4.79 Å². The summed E-state index contributed by atoms with van der Waals surface area (Å²) >= 11 is 2.01. The fraction of sp³-hybridized carbons (Fsp3) is 0.500. The van der Waals surface area contributed by atoms with Crippen molar-refractivity contribution in [2.75, 3.05) is 13.7 Å². The summed E-state index contributed by atoms with van der Waals surface area (Å²) in [6, 6.07) is 3.86. The number of benzene rings is 1. The molecule has 0 atom stereocenters. The fourth-order valence-electron chi connectivity index (χ4n) is 2.59. The Morgan fingerprint density at radius 2 is 2.17 bits per heavy atom. The molecule has 0 heterocycles. The zero-order valence-corrected chi connectivity index (χ0v) is 15.3. The summed E-state index contributed by atoms with van der Waals surface area (Å²) in [6.45, 7) is 0.276. The molecular formula is C16H22IN3O3. The Bertz CT molecular complexity index is 572. The molecule has 7 heteroatoms. The first-order valence-electron chi connectivity index (χ1n) is 7.72. The Hall–Kier alpha value is -1.35. The van der Waals surface area contributed by atoms with Crippen LogP contribution in [0, 0.1) is 3.57 Å². The standard InChI is InChI=1S/C16H22IN3O3/c1-23-14-8-11(7-13(17)16(14)22)9-19-20-15(21)10-18-12-5-3-2-4-6-12/h7-9,12,18,22H,2-6,10H2,1H3,(H,20,21)/b19-9-. The summed E-state index contributed by atoms with van der Waals surface area (Å²) in [4.78, 5) is 11.8. The maximum absolute atomic E-state index is 11.8. The molecule has 0 saturated heterocycles. The molecule has 0 radical (unpaired) electrons. The van der Waals surface area contributed by atoms with E-state index in [4.69, 9.17) is 4.74 Å². The van der Waals surface area contributed by atoms with Gasteiger partial charge in [-0.15, -0.1) is 0 Å². The van der Waals surface area contributed by atoms with Crippen molar-refractivity contribution in [3.05, 3.63) is 21.3 Å². The van der Waals surface area contributed by atoms with Gasteiger partial charge in [0.2, 0.25) is 0 Å². The largest absolute Gasteiger partial charge is 0.504 e. The third kappa shape index (κ3) is 5.65. The zero-order chi connectivity index (χ0) is 16.7. The Kier molecular flexibility index (Phi) is 7.10. The number of hydrazone groups is 1. The number of nitrogens with zero attached hydrogens (tertiary/aromatic N) is 1. The first-order chi connectivity index (χ1) is 11.1. The number of phenols is 1. The number of ether oxygens (including phenoxy) is 1. The summed E-state index contributed by atoms with van der Waals surface area (Å²) in [5, 5.41) is 17.0. The average Bonchev–Trinajstić information content (AvgIpc) is 2.57. The van der Waals surface area contributed by atoms with E-state index in [2.05, 4.69) is 15.8 Å². The van der Waals surface area contributed by atoms with E-state index in [1.54, 1.807) is 12.1 Å². The van der Waals surface area contributed by atoms with Gasteiger partial charge in [0, 0.05) is 6.04 Å². The van der Waals surface area contributed by atoms with Gasteiger partial charge in [0.1, 0.15) is 0 Å². The molecule has 23 heavy (non-hydrogen) atoms. The highest BCUT2D eigenvalue weighted by Gasteiger charge is 2.13. The van der Waals surface area contributed by atoms with E-state index < -0.39 is 0 Å². The zero-order valence-electron chi connectivity index (χ0n) is 13.1. The number of halogens is 1. The highest BCUT2D eigenvalue weighted by Crippen LogP contribution is 2.31. The first kappa shape index (κ1) is 18.0. The number of amides is 1. The fourth-order valence-corrected chi connectivity index (χ4v) is 3.21. The third-order valence-electron chi connectivity index (χ3n) is 3.83. The SMILES string of the molecule is COc1cc(/C=N\NC(=O)CNC2CCCCC2)cc(I)c1O. The van der Waals surface area contributed by atoms with E-state index in [1.165, 1.54) is 32.6 Å². The van der Waals surface area contributed by atoms with Crippen molar-refractivity contribution in [1.29, 1.82) is 0 Å². The quantitative estimate of drug-likeness (QED) is 0.367. The molecule has 1 aliphatic carbocycles. The lowest BCUT2D eigenvalue weighted by Crippen LogP contribution is -2.38. The summed E-state index contributed by atoms with van der Waals surface area (Å²) in [7, 11) is 1.49. The number of nitrogens with one attached hydrogen (secondary N) is 2. The predicted octanol–water partition coefficient (Wildman–Crippen LogP) is 2.38. The topological polar surface area (TPSA) is 83.0 Å². The highest BCUT2D eigenvalue weighted by molar-refractivity contribution is 14.1. The van der Waals surface area contributed by atoms with Crippen LogP contribution in [0.3, 0.4) is 0 Å². The second-order valence-corrected chi connectivity index (χ2v) is 6.72. The van der Waals surface area contributed by atoms with Gasteiger partial charge in [-0.25, -0.2) is 5.43 Å². The predicted molar refractivity (Wildman–Crippen MR) is 98.0 cm³/mol. The molecule has 2 rings (SSSR count). The summed E-state index contributed by atoms with van der Waals surface area (Å²) in [5.41, 5.74) is 3.24. The summed E-state index contributed by atoms with van der Waals surface area (Å²) in [5.74, 6) is 0.321. The Morgan fingerprint density at radius 3 is 2.87 bits per heavy atom. The summed E-state index contributed by atoms with van der Waals surface area (Å²) in [6.07, 6.45) is 7.58. The van der Waals surface area contributed by atoms with Gasteiger partial charge < -0.3 is 15.2 Å². The third-order valence-corrected chi connectivity index (χ3v) is 4.65. The minimum atomic E-state index is -0.160. The molecule has 0 unspecified atom stereocenters. The number of hydrogen-bond donors (Lipinski definition) is 3. The maximum Gasteiger partial charge on any atom is 0.254 e. The summed E-state index contributed by atoms with van der Waals surface area (Å²) < 4.78 is 5.75. The van der Waals surface area contributed by atoms with Crippen molar-refractivity contribution >= 4 is 34.7 Å². The van der Waals surface area contributed by atoms with Gasteiger partial charge >= 0.3 is 0 Å². The molecule has 0 aromatic heterocycles. The first-order valence-corrected chi connectivity index (χ1v) is 8.80. The Labute approximate surface area is 149 Å². The smallest absolute Gasteiger partial charge is 0.254 e. The minimum Gasteiger partial charge on any atom is -0.504 e. The van der Waals surface area contributed by atoms with E-state index >= 15 is 0 Å². The lowest BCUT2D eigenvalue weighted by molar-refractivity contribution is -0.120. The van der Waals surface area contributed by atoms with E-state index in [-0.39, 0.29) is 18.2 Å². The number of carbonyl (C=O) groups excluding carboxylic acids is 1. The van der Waals surface area contributed by atoms with Crippen LogP contribution in [0.2, 0.25) is 0 Å². The van der Waals surface area contributed by atoms with Gasteiger partial charge in [-0.2, -0.15) is 5.10 Å². The van der Waals surface area contributed by atoms with Crippen molar-refractivity contribution in [3.8, 4) is 11.5 Å². The molecular weight excluding hydrogens is 409 g/mol. The molecule has 3 N–H and O–H groups in total. The van der Waals surface area contributed by atoms with Gasteiger partial charge in [0.05, 0.1) is 23.4 Å². The Morgan fingerprint density at radius 1 is 1.43 bits per heavy atom. The van der Waals surface area contributed by atoms with Gasteiger partial charge in [-0.1, -0.05) is 19.3 Å². The maximum atomic E-state index is 11.8. The van der Waals surface area contributed by atoms with Crippen LogP contribution in [0.4, 0.5) is 0 Å². The lowest BCUT2D eigenvalue weighted by atomic mass is 9.95. The number of aromatic hydroxyl groups is 1. The molecule has 0 bridgehead atoms. The van der Waals surface area contributed by atoms with Crippen LogP contribution in [0.1, 0.15) is 37.7 Å². The van der Waals surface area contributed by atoms with Gasteiger partial charge in [0.25, 0.3) is 5.91 Å². The molecule has 1 amide bonds. The van der Waals surface area contributed by atoms with Crippen LogP contribution >= 0.6 is 22.6 Å². The van der Waals surface area contributed by atoms with Gasteiger partial charge in [-0.05, 0) is 53.1 Å². The van der Waals surface area contributed by atoms with Crippen LogP contribution in [0.15, 0.2) is 17.2 Å². The lowest BCUT2D eigenvalue weighted by Gasteiger charge is -2.22. The van der Waals surface area contributed by atoms with E-state index in [1.807, 2.05) is 22.6 Å². The Balaban J connectivity index is 1.81. The average molecular weight is 431 g/mol. The molecule has 1 aromatic carbocycles. The van der Waals surface area contributed by atoms with Crippen molar-refractivity contribution in [3.63, 3.8) is 0 Å². The number of carbonyl (C=O) groups is 1. The number of rotatable bonds is 6. The molecule has 6 nitrogen and oxygen atoms in total. The van der Waals surface area contributed by atoms with Crippen molar-refractivity contribution in [2.45, 2.75) is 38.1 Å². The molecule has 1 aliphatic rings.